The van der Waals surface area contributed by atoms with Gasteiger partial charge in [-0.3, -0.25) is 9.69 Å². The Morgan fingerprint density at radius 3 is 2.68 bits per heavy atom. The maximum Gasteiger partial charge on any atom is 0.239 e. The third-order valence-electron chi connectivity index (χ3n) is 5.52. The van der Waals surface area contributed by atoms with Crippen LogP contribution in [0, 0.1) is 11.3 Å². The Morgan fingerprint density at radius 1 is 1.26 bits per heavy atom. The van der Waals surface area contributed by atoms with Crippen LogP contribution in [0.15, 0.2) is 59.7 Å². The number of thiazole rings is 1. The molecule has 0 saturated carbocycles. The molecule has 0 aliphatic carbocycles. The summed E-state index contributed by atoms with van der Waals surface area (Å²) in [5.74, 6) is 0.164. The Labute approximate surface area is 184 Å². The summed E-state index contributed by atoms with van der Waals surface area (Å²) in [6, 6.07) is 16.8. The van der Waals surface area contributed by atoms with E-state index in [1.54, 1.807) is 32.5 Å². The lowest BCUT2D eigenvalue weighted by molar-refractivity contribution is -0.130. The molecular formula is C23H21N5O2S. The van der Waals surface area contributed by atoms with E-state index in [0.29, 0.717) is 11.3 Å². The summed E-state index contributed by atoms with van der Waals surface area (Å²) in [6.07, 6.45) is 1.74. The normalized spacial score (nSPS) is 20.8. The molecule has 0 bridgehead atoms. The second kappa shape index (κ2) is 7.85. The van der Waals surface area contributed by atoms with Crippen molar-refractivity contribution >= 4 is 23.2 Å². The molecule has 0 saturated heterocycles. The van der Waals surface area contributed by atoms with Crippen LogP contribution in [0.4, 0.5) is 0 Å². The lowest BCUT2D eigenvalue weighted by Gasteiger charge is -2.39. The molecule has 4 rings (SSSR count). The van der Waals surface area contributed by atoms with Crippen molar-refractivity contribution in [3.63, 3.8) is 0 Å². The van der Waals surface area contributed by atoms with Gasteiger partial charge >= 0.3 is 0 Å². The maximum atomic E-state index is 13.3. The zero-order valence-electron chi connectivity index (χ0n) is 17.4. The van der Waals surface area contributed by atoms with Crippen molar-refractivity contribution in [2.45, 2.75) is 18.4 Å². The summed E-state index contributed by atoms with van der Waals surface area (Å²) in [6.45, 7) is 1.91. The topological polar surface area (TPSA) is 105 Å². The molecular weight excluding hydrogens is 410 g/mol. The monoisotopic (exact) mass is 431 g/mol. The summed E-state index contributed by atoms with van der Waals surface area (Å²) in [5.41, 5.74) is 7.41. The molecule has 0 fully saturated rings. The Bertz CT molecular complexity index is 1210. The van der Waals surface area contributed by atoms with Crippen LogP contribution in [0.5, 0.6) is 5.75 Å². The Hall–Kier alpha value is -3.70. The molecule has 0 spiro atoms. The van der Waals surface area contributed by atoms with E-state index in [0.717, 1.165) is 21.0 Å². The average molecular weight is 432 g/mol. The summed E-state index contributed by atoms with van der Waals surface area (Å²) in [4.78, 5) is 24.8. The van der Waals surface area contributed by atoms with Gasteiger partial charge in [0.05, 0.1) is 29.5 Å². The highest BCUT2D eigenvalue weighted by Gasteiger charge is 2.48. The fraction of sp³-hybridized carbons (Fsp3) is 0.217. The number of aromatic nitrogens is 1. The van der Waals surface area contributed by atoms with E-state index in [4.69, 9.17) is 15.5 Å². The molecule has 0 radical (unpaired) electrons. The number of hydrogen-bond acceptors (Lipinski definition) is 7. The number of hydrogen-bond donors (Lipinski definition) is 1. The predicted octanol–water partition coefficient (Wildman–Crippen LogP) is 3.48. The molecule has 31 heavy (non-hydrogen) atoms. The number of nitrogens with two attached hydrogens (primary N) is 1. The van der Waals surface area contributed by atoms with Crippen LogP contribution in [0.25, 0.3) is 10.6 Å². The number of rotatable bonds is 4. The van der Waals surface area contributed by atoms with Gasteiger partial charge in [-0.25, -0.2) is 9.98 Å². The van der Waals surface area contributed by atoms with Gasteiger partial charge < -0.3 is 10.5 Å². The second-order valence-electron chi connectivity index (χ2n) is 7.44. The summed E-state index contributed by atoms with van der Waals surface area (Å²) >= 11 is 1.44. The first-order chi connectivity index (χ1) is 14.9. The number of benzene rings is 2. The second-order valence-corrected chi connectivity index (χ2v) is 8.47. The van der Waals surface area contributed by atoms with Crippen molar-refractivity contribution in [1.29, 1.82) is 5.26 Å². The number of aliphatic imine (C=N–C) groups is 1. The van der Waals surface area contributed by atoms with E-state index in [1.807, 2.05) is 43.3 Å². The van der Waals surface area contributed by atoms with E-state index in [1.165, 1.54) is 16.2 Å². The van der Waals surface area contributed by atoms with Gasteiger partial charge in [0.15, 0.2) is 5.96 Å². The molecule has 2 atom stereocenters. The van der Waals surface area contributed by atoms with E-state index in [-0.39, 0.29) is 11.9 Å². The summed E-state index contributed by atoms with van der Waals surface area (Å²) < 4.78 is 5.26. The largest absolute Gasteiger partial charge is 0.497 e. The number of nitrogens with zero attached hydrogens (tertiary/aromatic N) is 4. The molecule has 1 unspecified atom stereocenters. The standard InChI is InChI=1S/C23H21N5O2S/c1-23(18-13-26-20(31-18)16-6-4-5-14(11-16)12-24)19(21(29)28(2)22(25)27-23)15-7-9-17(30-3)10-8-15/h4-11,13,19H,1-3H3,(H2,25,27)/t19?,23-/m1/s1. The minimum Gasteiger partial charge on any atom is -0.497 e. The van der Waals surface area contributed by atoms with Gasteiger partial charge in [0.25, 0.3) is 0 Å². The zero-order chi connectivity index (χ0) is 22.2. The molecule has 7 nitrogen and oxygen atoms in total. The van der Waals surface area contributed by atoms with Gasteiger partial charge in [0, 0.05) is 18.8 Å². The van der Waals surface area contributed by atoms with Crippen molar-refractivity contribution in [3.05, 3.63) is 70.7 Å². The Kier molecular flexibility index (Phi) is 5.21. The van der Waals surface area contributed by atoms with Crippen molar-refractivity contribution in [2.75, 3.05) is 14.2 Å². The first-order valence-electron chi connectivity index (χ1n) is 9.61. The first-order valence-corrected chi connectivity index (χ1v) is 10.4. The van der Waals surface area contributed by atoms with Crippen LogP contribution in [-0.2, 0) is 10.3 Å². The summed E-state index contributed by atoms with van der Waals surface area (Å²) in [7, 11) is 3.23. The Morgan fingerprint density at radius 2 is 2.00 bits per heavy atom. The minimum atomic E-state index is -0.926. The van der Waals surface area contributed by atoms with Crippen LogP contribution in [0.1, 0.15) is 28.8 Å². The van der Waals surface area contributed by atoms with Crippen molar-refractivity contribution in [1.82, 2.24) is 9.88 Å². The molecule has 2 N–H and O–H groups in total. The van der Waals surface area contributed by atoms with Crippen LogP contribution >= 0.6 is 11.3 Å². The minimum absolute atomic E-state index is 0.137. The van der Waals surface area contributed by atoms with Gasteiger partial charge in [-0.15, -0.1) is 11.3 Å². The van der Waals surface area contributed by atoms with E-state index in [9.17, 15) is 10.1 Å². The molecule has 3 aromatic rings. The van der Waals surface area contributed by atoms with Crippen LogP contribution in [0.3, 0.4) is 0 Å². The average Bonchev–Trinajstić information content (AvgIpc) is 3.29. The Balaban J connectivity index is 1.82. The number of methoxy groups -OCH3 is 1. The van der Waals surface area contributed by atoms with Gasteiger partial charge in [-0.1, -0.05) is 24.3 Å². The van der Waals surface area contributed by atoms with Crippen molar-refractivity contribution in [2.24, 2.45) is 10.7 Å². The number of ether oxygens (including phenoxy) is 1. The van der Waals surface area contributed by atoms with Crippen LogP contribution < -0.4 is 10.5 Å². The lowest BCUT2D eigenvalue weighted by Crippen LogP contribution is -2.52. The van der Waals surface area contributed by atoms with E-state index < -0.39 is 11.5 Å². The fourth-order valence-electron chi connectivity index (χ4n) is 3.75. The number of guanidine groups is 1. The highest BCUT2D eigenvalue weighted by molar-refractivity contribution is 7.15. The lowest BCUT2D eigenvalue weighted by atomic mass is 9.78. The first kappa shape index (κ1) is 20.6. The predicted molar refractivity (Wildman–Crippen MR) is 120 cm³/mol. The fourth-order valence-corrected chi connectivity index (χ4v) is 4.78. The molecule has 2 heterocycles. The highest BCUT2D eigenvalue weighted by atomic mass is 32.1. The number of carbonyl (C=O) groups is 1. The molecule has 1 aliphatic rings. The smallest absolute Gasteiger partial charge is 0.239 e. The maximum absolute atomic E-state index is 13.3. The van der Waals surface area contributed by atoms with Crippen molar-refractivity contribution in [3.8, 4) is 22.4 Å². The molecule has 156 valence electrons. The third-order valence-corrected chi connectivity index (χ3v) is 6.80. The third kappa shape index (κ3) is 3.53. The number of carbonyl (C=O) groups excluding carboxylic acids is 1. The molecule has 2 aromatic carbocycles. The van der Waals surface area contributed by atoms with Gasteiger partial charge in [-0.05, 0) is 36.8 Å². The van der Waals surface area contributed by atoms with E-state index in [2.05, 4.69) is 11.1 Å². The molecule has 1 aromatic heterocycles. The van der Waals surface area contributed by atoms with E-state index >= 15 is 0 Å². The quantitative estimate of drug-likeness (QED) is 0.681. The molecule has 8 heteroatoms. The zero-order valence-corrected chi connectivity index (χ0v) is 18.2. The number of likely N-dealkylation sites (N-methyl/N-ethyl adjacent to an activating group) is 1. The molecule has 1 amide bonds. The molecule has 1 aliphatic heterocycles. The van der Waals surface area contributed by atoms with Gasteiger partial charge in [0.1, 0.15) is 16.3 Å². The van der Waals surface area contributed by atoms with Crippen LogP contribution in [0.2, 0.25) is 0 Å². The number of amides is 1. The highest BCUT2D eigenvalue weighted by Crippen LogP contribution is 2.46. The SMILES string of the molecule is COc1ccc(C2C(=O)N(C)C(N)=N[C@]2(C)c2cnc(-c3cccc(C#N)c3)s2)cc1. The van der Waals surface area contributed by atoms with Gasteiger partial charge in [0.2, 0.25) is 5.91 Å². The number of nitriles is 1. The summed E-state index contributed by atoms with van der Waals surface area (Å²) in [5, 5.41) is 9.94. The van der Waals surface area contributed by atoms with Crippen molar-refractivity contribution < 1.29 is 9.53 Å². The van der Waals surface area contributed by atoms with Crippen LogP contribution in [-0.4, -0.2) is 35.9 Å². The van der Waals surface area contributed by atoms with Gasteiger partial charge in [-0.2, -0.15) is 5.26 Å².